The fourth-order valence-electron chi connectivity index (χ4n) is 3.17. The van der Waals surface area contributed by atoms with Gasteiger partial charge in [0, 0.05) is 12.6 Å². The van der Waals surface area contributed by atoms with Crippen LogP contribution < -0.4 is 10.1 Å². The molecule has 1 saturated carbocycles. The van der Waals surface area contributed by atoms with Crippen molar-refractivity contribution in [3.63, 3.8) is 0 Å². The van der Waals surface area contributed by atoms with Crippen LogP contribution in [0.2, 0.25) is 0 Å². The summed E-state index contributed by atoms with van der Waals surface area (Å²) < 4.78 is 5.12. The molecule has 21 heavy (non-hydrogen) atoms. The molecule has 1 aromatic rings. The van der Waals surface area contributed by atoms with Crippen LogP contribution in [0.15, 0.2) is 18.2 Å². The quantitative estimate of drug-likeness (QED) is 0.645. The van der Waals surface area contributed by atoms with E-state index in [9.17, 15) is 10.1 Å². The van der Waals surface area contributed by atoms with Gasteiger partial charge >= 0.3 is 0 Å². The molecule has 0 amide bonds. The van der Waals surface area contributed by atoms with Crippen LogP contribution in [0.4, 0.5) is 5.69 Å². The molecule has 0 atom stereocenters. The Labute approximate surface area is 125 Å². The predicted molar refractivity (Wildman–Crippen MR) is 82.4 cm³/mol. The van der Waals surface area contributed by atoms with Crippen molar-refractivity contribution in [2.24, 2.45) is 16.7 Å². The van der Waals surface area contributed by atoms with Gasteiger partial charge in [-0.25, -0.2) is 0 Å². The highest BCUT2D eigenvalue weighted by Crippen LogP contribution is 2.67. The van der Waals surface area contributed by atoms with E-state index in [1.54, 1.807) is 6.07 Å². The summed E-state index contributed by atoms with van der Waals surface area (Å²) in [6.07, 6.45) is 0. The van der Waals surface area contributed by atoms with E-state index in [2.05, 4.69) is 33.0 Å². The van der Waals surface area contributed by atoms with Crippen LogP contribution in [0.3, 0.4) is 0 Å². The lowest BCUT2D eigenvalue weighted by Gasteiger charge is -2.08. The minimum atomic E-state index is -0.390. The van der Waals surface area contributed by atoms with Gasteiger partial charge < -0.3 is 10.1 Å². The van der Waals surface area contributed by atoms with E-state index < -0.39 is 0 Å². The van der Waals surface area contributed by atoms with Crippen molar-refractivity contribution >= 4 is 5.69 Å². The zero-order valence-electron chi connectivity index (χ0n) is 13.4. The Morgan fingerprint density at radius 3 is 2.33 bits per heavy atom. The second kappa shape index (κ2) is 5.30. The van der Waals surface area contributed by atoms with Gasteiger partial charge in [-0.1, -0.05) is 27.7 Å². The molecule has 116 valence electrons. The third-order valence-electron chi connectivity index (χ3n) is 5.39. The van der Waals surface area contributed by atoms with E-state index in [-0.39, 0.29) is 10.6 Å². The Kier molecular flexibility index (Phi) is 3.97. The number of ether oxygens (including phenoxy) is 1. The molecule has 1 aromatic carbocycles. The number of benzene rings is 1. The number of nitro benzene ring substituents is 1. The van der Waals surface area contributed by atoms with E-state index in [0.717, 1.165) is 12.1 Å². The maximum atomic E-state index is 10.9. The fraction of sp³-hybridized carbons (Fsp3) is 0.625. The zero-order valence-corrected chi connectivity index (χ0v) is 13.4. The van der Waals surface area contributed by atoms with Gasteiger partial charge in [-0.15, -0.1) is 0 Å². The number of hydrogen-bond donors (Lipinski definition) is 1. The van der Waals surface area contributed by atoms with E-state index in [1.807, 2.05) is 6.07 Å². The first-order valence-electron chi connectivity index (χ1n) is 7.23. The molecule has 2 rings (SSSR count). The van der Waals surface area contributed by atoms with Crippen molar-refractivity contribution in [3.8, 4) is 5.75 Å². The van der Waals surface area contributed by atoms with Crippen LogP contribution in [-0.2, 0) is 6.54 Å². The van der Waals surface area contributed by atoms with Crippen LogP contribution in [0.5, 0.6) is 5.75 Å². The highest BCUT2D eigenvalue weighted by molar-refractivity contribution is 5.42. The summed E-state index contributed by atoms with van der Waals surface area (Å²) in [4.78, 5) is 10.5. The molecular weight excluding hydrogens is 268 g/mol. The summed E-state index contributed by atoms with van der Waals surface area (Å²) in [7, 11) is 1.52. The average molecular weight is 292 g/mol. The number of nitro groups is 1. The van der Waals surface area contributed by atoms with Crippen molar-refractivity contribution in [2.75, 3.05) is 13.7 Å². The average Bonchev–Trinajstić information content (AvgIpc) is 2.80. The summed E-state index contributed by atoms with van der Waals surface area (Å²) in [5.74, 6) is 1.15. The second-order valence-electron chi connectivity index (χ2n) is 6.92. The maximum absolute atomic E-state index is 10.9. The SMILES string of the molecule is COc1cc(CNCC2C(C)(C)C2(C)C)cc([N+](=O)[O-])c1. The third kappa shape index (κ3) is 2.88. The lowest BCUT2D eigenvalue weighted by atomic mass is 10.0. The van der Waals surface area contributed by atoms with Crippen LogP contribution >= 0.6 is 0 Å². The standard InChI is InChI=1S/C16H24N2O3/c1-15(2)14(16(15,3)4)10-17-9-11-6-12(18(19)20)8-13(7-11)21-5/h6-8,14,17H,9-10H2,1-5H3. The first kappa shape index (κ1) is 15.8. The smallest absolute Gasteiger partial charge is 0.273 e. The van der Waals surface area contributed by atoms with Gasteiger partial charge in [0.25, 0.3) is 5.69 Å². The topological polar surface area (TPSA) is 64.4 Å². The van der Waals surface area contributed by atoms with E-state index >= 15 is 0 Å². The molecular formula is C16H24N2O3. The minimum absolute atomic E-state index is 0.0678. The molecule has 0 heterocycles. The summed E-state index contributed by atoms with van der Waals surface area (Å²) in [6, 6.07) is 4.87. The highest BCUT2D eigenvalue weighted by atomic mass is 16.6. The highest BCUT2D eigenvalue weighted by Gasteiger charge is 2.63. The van der Waals surface area contributed by atoms with Crippen LogP contribution in [0.25, 0.3) is 0 Å². The lowest BCUT2D eigenvalue weighted by molar-refractivity contribution is -0.385. The van der Waals surface area contributed by atoms with Crippen molar-refractivity contribution in [1.82, 2.24) is 5.32 Å². The number of non-ortho nitro benzene ring substituents is 1. The summed E-state index contributed by atoms with van der Waals surface area (Å²) in [5, 5.41) is 14.3. The number of nitrogens with one attached hydrogen (secondary N) is 1. The van der Waals surface area contributed by atoms with Gasteiger partial charge in [-0.2, -0.15) is 0 Å². The Morgan fingerprint density at radius 1 is 1.24 bits per heavy atom. The number of hydrogen-bond acceptors (Lipinski definition) is 4. The molecule has 1 fully saturated rings. The number of nitrogens with zero attached hydrogens (tertiary/aromatic N) is 1. The summed E-state index contributed by atoms with van der Waals surface area (Å²) in [6.45, 7) is 10.7. The van der Waals surface area contributed by atoms with E-state index in [1.165, 1.54) is 13.2 Å². The Hall–Kier alpha value is -1.62. The first-order chi connectivity index (χ1) is 9.70. The number of methoxy groups -OCH3 is 1. The molecule has 1 aliphatic rings. The zero-order chi connectivity index (χ0) is 15.8. The molecule has 0 spiro atoms. The number of rotatable bonds is 6. The van der Waals surface area contributed by atoms with E-state index in [4.69, 9.17) is 4.74 Å². The van der Waals surface area contributed by atoms with Gasteiger partial charge in [0.05, 0.1) is 18.1 Å². The molecule has 1 aliphatic carbocycles. The van der Waals surface area contributed by atoms with E-state index in [0.29, 0.717) is 29.0 Å². The molecule has 0 radical (unpaired) electrons. The fourth-order valence-corrected chi connectivity index (χ4v) is 3.17. The maximum Gasteiger partial charge on any atom is 0.273 e. The van der Waals surface area contributed by atoms with Gasteiger partial charge in [-0.05, 0) is 34.9 Å². The molecule has 0 bridgehead atoms. The van der Waals surface area contributed by atoms with Crippen LogP contribution in [-0.4, -0.2) is 18.6 Å². The Bertz CT molecular complexity index is 538. The van der Waals surface area contributed by atoms with Gasteiger partial charge in [-0.3, -0.25) is 10.1 Å². The molecule has 0 aliphatic heterocycles. The molecule has 5 heteroatoms. The van der Waals surface area contributed by atoms with Gasteiger partial charge in [0.1, 0.15) is 5.75 Å². The van der Waals surface area contributed by atoms with Gasteiger partial charge in [0.2, 0.25) is 0 Å². The molecule has 5 nitrogen and oxygen atoms in total. The molecule has 0 unspecified atom stereocenters. The largest absolute Gasteiger partial charge is 0.496 e. The Balaban J connectivity index is 1.98. The Morgan fingerprint density at radius 2 is 1.86 bits per heavy atom. The summed E-state index contributed by atoms with van der Waals surface area (Å²) in [5.41, 5.74) is 1.64. The molecule has 0 aromatic heterocycles. The molecule has 0 saturated heterocycles. The van der Waals surface area contributed by atoms with Crippen LogP contribution in [0, 0.1) is 26.9 Å². The van der Waals surface area contributed by atoms with Crippen molar-refractivity contribution in [3.05, 3.63) is 33.9 Å². The van der Waals surface area contributed by atoms with Crippen LogP contribution in [0.1, 0.15) is 33.3 Å². The lowest BCUT2D eigenvalue weighted by Crippen LogP contribution is -2.19. The molecule has 1 N–H and O–H groups in total. The van der Waals surface area contributed by atoms with Crippen molar-refractivity contribution in [1.29, 1.82) is 0 Å². The van der Waals surface area contributed by atoms with Crippen molar-refractivity contribution < 1.29 is 9.66 Å². The van der Waals surface area contributed by atoms with Gasteiger partial charge in [0.15, 0.2) is 0 Å². The second-order valence-corrected chi connectivity index (χ2v) is 6.92. The predicted octanol–water partition coefficient (Wildman–Crippen LogP) is 3.38. The first-order valence-corrected chi connectivity index (χ1v) is 7.23. The van der Waals surface area contributed by atoms with Crippen molar-refractivity contribution in [2.45, 2.75) is 34.2 Å². The normalized spacial score (nSPS) is 19.3. The monoisotopic (exact) mass is 292 g/mol. The summed E-state index contributed by atoms with van der Waals surface area (Å²) >= 11 is 0. The minimum Gasteiger partial charge on any atom is -0.496 e. The third-order valence-corrected chi connectivity index (χ3v) is 5.39.